The lowest BCUT2D eigenvalue weighted by molar-refractivity contribution is -0.133. The number of H-pyrrole nitrogens is 1. The first kappa shape index (κ1) is 21.1. The Labute approximate surface area is 180 Å². The lowest BCUT2D eigenvalue weighted by atomic mass is 9.86. The predicted molar refractivity (Wildman–Crippen MR) is 116 cm³/mol. The summed E-state index contributed by atoms with van der Waals surface area (Å²) in [5.74, 6) is 0.567. The fraction of sp³-hybridized carbons (Fsp3) is 0.478. The molecule has 31 heavy (non-hydrogen) atoms. The van der Waals surface area contributed by atoms with Crippen LogP contribution in [0.3, 0.4) is 0 Å². The van der Waals surface area contributed by atoms with Crippen LogP contribution in [0.1, 0.15) is 48.9 Å². The number of nitrogens with one attached hydrogen (secondary N) is 1. The Kier molecular flexibility index (Phi) is 6.34. The maximum Gasteiger partial charge on any atom is 0.269 e. The molecule has 1 aliphatic carbocycles. The third-order valence-corrected chi connectivity index (χ3v) is 6.28. The van der Waals surface area contributed by atoms with Crippen molar-refractivity contribution in [3.63, 3.8) is 0 Å². The molecule has 2 aromatic rings. The molecule has 2 aliphatic rings. The summed E-state index contributed by atoms with van der Waals surface area (Å²) in [6.45, 7) is 2.06. The van der Waals surface area contributed by atoms with Gasteiger partial charge in [-0.3, -0.25) is 24.3 Å². The van der Waals surface area contributed by atoms with Crippen molar-refractivity contribution in [1.82, 2.24) is 19.6 Å². The van der Waals surface area contributed by atoms with Gasteiger partial charge in [0.1, 0.15) is 0 Å². The van der Waals surface area contributed by atoms with Gasteiger partial charge in [-0.2, -0.15) is 0 Å². The van der Waals surface area contributed by atoms with Crippen molar-refractivity contribution >= 4 is 11.8 Å². The molecule has 0 radical (unpaired) electrons. The summed E-state index contributed by atoms with van der Waals surface area (Å²) >= 11 is 0. The van der Waals surface area contributed by atoms with Crippen LogP contribution in [0.5, 0.6) is 0 Å². The van der Waals surface area contributed by atoms with Crippen molar-refractivity contribution in [3.8, 4) is 5.69 Å². The molecule has 0 spiro atoms. The second-order valence-electron chi connectivity index (χ2n) is 8.41. The minimum absolute atomic E-state index is 0.146. The smallest absolute Gasteiger partial charge is 0.269 e. The number of rotatable bonds is 4. The van der Waals surface area contributed by atoms with Crippen LogP contribution in [0, 0.1) is 5.92 Å². The Hall–Kier alpha value is -3.16. The molecule has 1 aromatic carbocycles. The molecular formula is C23H28N4O4. The quantitative estimate of drug-likeness (QED) is 0.809. The highest BCUT2D eigenvalue weighted by Crippen LogP contribution is 2.27. The van der Waals surface area contributed by atoms with Gasteiger partial charge < -0.3 is 9.80 Å². The molecular weight excluding hydrogens is 396 g/mol. The Morgan fingerprint density at radius 2 is 1.61 bits per heavy atom. The third kappa shape index (κ3) is 4.95. The first-order valence-electron chi connectivity index (χ1n) is 11.0. The molecule has 1 N–H and O–H groups in total. The highest BCUT2D eigenvalue weighted by Gasteiger charge is 2.27. The van der Waals surface area contributed by atoms with E-state index in [0.29, 0.717) is 49.8 Å². The monoisotopic (exact) mass is 424 g/mol. The van der Waals surface area contributed by atoms with Crippen LogP contribution in [-0.2, 0) is 4.79 Å². The van der Waals surface area contributed by atoms with E-state index in [2.05, 4.69) is 5.10 Å². The minimum Gasteiger partial charge on any atom is -0.339 e. The number of hydrogen-bond donors (Lipinski definition) is 1. The molecule has 2 amide bonds. The van der Waals surface area contributed by atoms with Gasteiger partial charge in [-0.1, -0.05) is 25.3 Å². The van der Waals surface area contributed by atoms with Crippen molar-refractivity contribution in [2.75, 3.05) is 26.2 Å². The number of benzene rings is 1. The molecule has 0 bridgehead atoms. The summed E-state index contributed by atoms with van der Waals surface area (Å²) in [6.07, 6.45) is 6.65. The number of aromatic amines is 1. The molecule has 8 nitrogen and oxygen atoms in total. The maximum atomic E-state index is 13.0. The Balaban J connectivity index is 1.38. The van der Waals surface area contributed by atoms with E-state index in [1.807, 2.05) is 4.90 Å². The van der Waals surface area contributed by atoms with Crippen LogP contribution in [0.2, 0.25) is 0 Å². The standard InChI is InChI=1S/C23H28N4O4/c28-20-9-10-21(29)27(24-20)19-8-4-7-18(16-19)23(31)26-13-11-25(12-14-26)22(30)15-17-5-2-1-3-6-17/h4,7-10,16-17H,1-3,5-6,11-15H2,(H,24,28). The summed E-state index contributed by atoms with van der Waals surface area (Å²) < 4.78 is 1.13. The van der Waals surface area contributed by atoms with Gasteiger partial charge in [-0.25, -0.2) is 4.68 Å². The molecule has 0 unspecified atom stereocenters. The van der Waals surface area contributed by atoms with E-state index in [1.165, 1.54) is 31.4 Å². The molecule has 8 heteroatoms. The van der Waals surface area contributed by atoms with Crippen molar-refractivity contribution in [1.29, 1.82) is 0 Å². The summed E-state index contributed by atoms with van der Waals surface area (Å²) in [7, 11) is 0. The van der Waals surface area contributed by atoms with Crippen molar-refractivity contribution in [2.45, 2.75) is 38.5 Å². The highest BCUT2D eigenvalue weighted by molar-refractivity contribution is 5.95. The van der Waals surface area contributed by atoms with Crippen molar-refractivity contribution in [3.05, 3.63) is 62.7 Å². The van der Waals surface area contributed by atoms with E-state index in [9.17, 15) is 19.2 Å². The predicted octanol–water partition coefficient (Wildman–Crippen LogP) is 1.78. The summed E-state index contributed by atoms with van der Waals surface area (Å²) in [5.41, 5.74) is 0.0885. The van der Waals surface area contributed by atoms with E-state index >= 15 is 0 Å². The number of piperazine rings is 1. The van der Waals surface area contributed by atoms with Gasteiger partial charge in [0, 0.05) is 50.3 Å². The van der Waals surface area contributed by atoms with Crippen LogP contribution in [0.25, 0.3) is 5.69 Å². The lowest BCUT2D eigenvalue weighted by Crippen LogP contribution is -2.50. The van der Waals surface area contributed by atoms with Gasteiger partial charge in [0.25, 0.3) is 17.0 Å². The normalized spacial score (nSPS) is 17.5. The molecule has 2 heterocycles. The Morgan fingerprint density at radius 1 is 0.903 bits per heavy atom. The van der Waals surface area contributed by atoms with E-state index in [4.69, 9.17) is 0 Å². The van der Waals surface area contributed by atoms with Gasteiger partial charge >= 0.3 is 0 Å². The topological polar surface area (TPSA) is 95.5 Å². The van der Waals surface area contributed by atoms with Crippen molar-refractivity contribution < 1.29 is 9.59 Å². The van der Waals surface area contributed by atoms with E-state index in [-0.39, 0.29) is 17.4 Å². The fourth-order valence-corrected chi connectivity index (χ4v) is 4.50. The van der Waals surface area contributed by atoms with Crippen LogP contribution in [-0.4, -0.2) is 57.6 Å². The average molecular weight is 425 g/mol. The number of carbonyl (C=O) groups excluding carboxylic acids is 2. The summed E-state index contributed by atoms with van der Waals surface area (Å²) in [4.78, 5) is 52.9. The molecule has 0 atom stereocenters. The van der Waals surface area contributed by atoms with Gasteiger partial charge in [0.2, 0.25) is 5.91 Å². The van der Waals surface area contributed by atoms with Gasteiger partial charge in [0.15, 0.2) is 0 Å². The first-order valence-corrected chi connectivity index (χ1v) is 11.0. The number of aromatic nitrogens is 2. The number of carbonyl (C=O) groups is 2. The molecule has 4 rings (SSSR count). The number of hydrogen-bond acceptors (Lipinski definition) is 4. The van der Waals surface area contributed by atoms with Gasteiger partial charge in [-0.15, -0.1) is 0 Å². The zero-order valence-corrected chi connectivity index (χ0v) is 17.6. The molecule has 1 saturated heterocycles. The summed E-state index contributed by atoms with van der Waals surface area (Å²) in [6, 6.07) is 9.00. The Morgan fingerprint density at radius 3 is 2.35 bits per heavy atom. The van der Waals surface area contributed by atoms with E-state index < -0.39 is 5.56 Å². The maximum absolute atomic E-state index is 13.0. The number of amides is 2. The molecule has 1 saturated carbocycles. The number of nitrogens with zero attached hydrogens (tertiary/aromatic N) is 3. The highest BCUT2D eigenvalue weighted by atomic mass is 16.2. The van der Waals surface area contributed by atoms with Gasteiger partial charge in [-0.05, 0) is 37.0 Å². The van der Waals surface area contributed by atoms with E-state index in [0.717, 1.165) is 17.5 Å². The largest absolute Gasteiger partial charge is 0.339 e. The van der Waals surface area contributed by atoms with Gasteiger partial charge in [0.05, 0.1) is 5.69 Å². The van der Waals surface area contributed by atoms with Crippen LogP contribution in [0.15, 0.2) is 46.0 Å². The zero-order valence-electron chi connectivity index (χ0n) is 17.6. The first-order chi connectivity index (χ1) is 15.0. The minimum atomic E-state index is -0.398. The van der Waals surface area contributed by atoms with Crippen LogP contribution >= 0.6 is 0 Å². The third-order valence-electron chi connectivity index (χ3n) is 6.28. The SMILES string of the molecule is O=C(CC1CCCCC1)N1CCN(C(=O)c2cccc(-n3[nH]c(=O)ccc3=O)c2)CC1. The average Bonchev–Trinajstić information content (AvgIpc) is 2.81. The molecule has 2 fully saturated rings. The second kappa shape index (κ2) is 9.32. The second-order valence-corrected chi connectivity index (χ2v) is 8.41. The molecule has 1 aromatic heterocycles. The fourth-order valence-electron chi connectivity index (χ4n) is 4.50. The van der Waals surface area contributed by atoms with E-state index in [1.54, 1.807) is 29.2 Å². The Bertz CT molecular complexity index is 1060. The molecule has 1 aliphatic heterocycles. The zero-order chi connectivity index (χ0) is 21.8. The summed E-state index contributed by atoms with van der Waals surface area (Å²) in [5, 5.41) is 2.47. The van der Waals surface area contributed by atoms with Crippen LogP contribution in [0.4, 0.5) is 0 Å². The van der Waals surface area contributed by atoms with Crippen molar-refractivity contribution in [2.24, 2.45) is 5.92 Å². The molecule has 164 valence electrons. The lowest BCUT2D eigenvalue weighted by Gasteiger charge is -2.35. The van der Waals surface area contributed by atoms with Crippen LogP contribution < -0.4 is 11.1 Å².